The number of pyridine rings is 1. The summed E-state index contributed by atoms with van der Waals surface area (Å²) in [7, 11) is 0. The van der Waals surface area contributed by atoms with Crippen molar-refractivity contribution in [3.05, 3.63) is 65.5 Å². The smallest absolute Gasteiger partial charge is 0.220 e. The number of hydrogen-bond donors (Lipinski definition) is 1. The molecule has 0 bridgehead atoms. The molecule has 1 unspecified atom stereocenters. The van der Waals surface area contributed by atoms with Crippen LogP contribution in [0.5, 0.6) is 0 Å². The van der Waals surface area contributed by atoms with Gasteiger partial charge in [-0.15, -0.1) is 0 Å². The molecule has 1 aromatic heterocycles. The molecule has 1 heterocycles. The molecule has 0 saturated carbocycles. The lowest BCUT2D eigenvalue weighted by atomic mass is 10.0. The van der Waals surface area contributed by atoms with Crippen molar-refractivity contribution in [2.75, 3.05) is 0 Å². The van der Waals surface area contributed by atoms with Crippen molar-refractivity contribution in [1.29, 1.82) is 0 Å². The number of benzene rings is 1. The lowest BCUT2D eigenvalue weighted by Gasteiger charge is -2.14. The monoisotopic (exact) mass is 268 g/mol. The zero-order valence-corrected chi connectivity index (χ0v) is 12.0. The molecule has 0 aliphatic heterocycles. The summed E-state index contributed by atoms with van der Waals surface area (Å²) in [5.74, 6) is 0.0737. The highest BCUT2D eigenvalue weighted by molar-refractivity contribution is 5.76. The molecule has 2 rings (SSSR count). The molecule has 0 spiro atoms. The largest absolute Gasteiger partial charge is 0.350 e. The van der Waals surface area contributed by atoms with E-state index in [2.05, 4.69) is 29.4 Å². The Morgan fingerprint density at radius 3 is 2.75 bits per heavy atom. The van der Waals surface area contributed by atoms with Crippen molar-refractivity contribution in [3.63, 3.8) is 0 Å². The van der Waals surface area contributed by atoms with Crippen molar-refractivity contribution >= 4 is 5.91 Å². The van der Waals surface area contributed by atoms with Gasteiger partial charge in [0.1, 0.15) is 0 Å². The third kappa shape index (κ3) is 3.92. The summed E-state index contributed by atoms with van der Waals surface area (Å²) in [6.45, 7) is 4.05. The van der Waals surface area contributed by atoms with Gasteiger partial charge in [0.2, 0.25) is 5.91 Å². The summed E-state index contributed by atoms with van der Waals surface area (Å²) >= 11 is 0. The number of aromatic nitrogens is 1. The van der Waals surface area contributed by atoms with Gasteiger partial charge < -0.3 is 5.32 Å². The molecule has 0 aliphatic rings. The minimum absolute atomic E-state index is 0.00642. The topological polar surface area (TPSA) is 42.0 Å². The molecule has 3 nitrogen and oxygen atoms in total. The molecule has 2 aromatic rings. The SMILES string of the molecule is Cc1ccccc1CCC(=O)NC(C)c1cccnc1. The van der Waals surface area contributed by atoms with Gasteiger partial charge in [0.15, 0.2) is 0 Å². The number of carbonyl (C=O) groups excluding carboxylic acids is 1. The molecule has 0 radical (unpaired) electrons. The highest BCUT2D eigenvalue weighted by atomic mass is 16.1. The van der Waals surface area contributed by atoms with Crippen LogP contribution in [0.3, 0.4) is 0 Å². The first-order valence-corrected chi connectivity index (χ1v) is 6.90. The quantitative estimate of drug-likeness (QED) is 0.904. The summed E-state index contributed by atoms with van der Waals surface area (Å²) < 4.78 is 0. The van der Waals surface area contributed by atoms with E-state index in [1.807, 2.05) is 31.2 Å². The van der Waals surface area contributed by atoms with E-state index in [4.69, 9.17) is 0 Å². The van der Waals surface area contributed by atoms with E-state index < -0.39 is 0 Å². The fourth-order valence-electron chi connectivity index (χ4n) is 2.17. The van der Waals surface area contributed by atoms with Gasteiger partial charge in [0, 0.05) is 18.8 Å². The van der Waals surface area contributed by atoms with Crippen LogP contribution in [-0.4, -0.2) is 10.9 Å². The third-order valence-electron chi connectivity index (χ3n) is 3.44. The average Bonchev–Trinajstić information content (AvgIpc) is 2.47. The first kappa shape index (κ1) is 14.3. The maximum Gasteiger partial charge on any atom is 0.220 e. The first-order valence-electron chi connectivity index (χ1n) is 6.90. The van der Waals surface area contributed by atoms with Gasteiger partial charge in [-0.3, -0.25) is 9.78 Å². The standard InChI is InChI=1S/C17H20N2O/c1-13-6-3-4-7-15(13)9-10-17(20)19-14(2)16-8-5-11-18-12-16/h3-8,11-12,14H,9-10H2,1-2H3,(H,19,20). The molecule has 0 fully saturated rings. The van der Waals surface area contributed by atoms with E-state index in [-0.39, 0.29) is 11.9 Å². The highest BCUT2D eigenvalue weighted by Gasteiger charge is 2.09. The molecule has 1 atom stereocenters. The zero-order chi connectivity index (χ0) is 14.4. The fourth-order valence-corrected chi connectivity index (χ4v) is 2.17. The van der Waals surface area contributed by atoms with Gasteiger partial charge in [0.25, 0.3) is 0 Å². The Bertz CT molecular complexity index is 566. The minimum Gasteiger partial charge on any atom is -0.350 e. The molecule has 1 aromatic carbocycles. The van der Waals surface area contributed by atoms with E-state index in [0.717, 1.165) is 12.0 Å². The van der Waals surface area contributed by atoms with Gasteiger partial charge in [-0.2, -0.15) is 0 Å². The molecule has 20 heavy (non-hydrogen) atoms. The molecule has 0 saturated heterocycles. The Hall–Kier alpha value is -2.16. The predicted molar refractivity (Wildman–Crippen MR) is 80.3 cm³/mol. The van der Waals surface area contributed by atoms with Crippen molar-refractivity contribution in [3.8, 4) is 0 Å². The lowest BCUT2D eigenvalue weighted by Crippen LogP contribution is -2.26. The van der Waals surface area contributed by atoms with Crippen LogP contribution < -0.4 is 5.32 Å². The molecule has 104 valence electrons. The Balaban J connectivity index is 1.86. The van der Waals surface area contributed by atoms with Crippen LogP contribution in [0.2, 0.25) is 0 Å². The Morgan fingerprint density at radius 2 is 2.05 bits per heavy atom. The van der Waals surface area contributed by atoms with E-state index in [1.165, 1.54) is 11.1 Å². The fraction of sp³-hybridized carbons (Fsp3) is 0.294. The maximum atomic E-state index is 12.0. The second kappa shape index (κ2) is 6.85. The summed E-state index contributed by atoms with van der Waals surface area (Å²) in [5.41, 5.74) is 3.49. The van der Waals surface area contributed by atoms with Crippen LogP contribution in [0, 0.1) is 6.92 Å². The maximum absolute atomic E-state index is 12.0. The van der Waals surface area contributed by atoms with Crippen LogP contribution in [-0.2, 0) is 11.2 Å². The number of carbonyl (C=O) groups is 1. The summed E-state index contributed by atoms with van der Waals surface area (Å²) in [6, 6.07) is 12.0. The number of nitrogens with one attached hydrogen (secondary N) is 1. The summed E-state index contributed by atoms with van der Waals surface area (Å²) in [5, 5.41) is 3.01. The van der Waals surface area contributed by atoms with E-state index in [0.29, 0.717) is 6.42 Å². The van der Waals surface area contributed by atoms with Crippen molar-refractivity contribution in [2.24, 2.45) is 0 Å². The Labute approximate surface area is 120 Å². The number of nitrogens with zero attached hydrogens (tertiary/aromatic N) is 1. The first-order chi connectivity index (χ1) is 9.66. The Morgan fingerprint density at radius 1 is 1.25 bits per heavy atom. The van der Waals surface area contributed by atoms with E-state index >= 15 is 0 Å². The van der Waals surface area contributed by atoms with Crippen molar-refractivity contribution in [2.45, 2.75) is 32.7 Å². The molecule has 0 aliphatic carbocycles. The van der Waals surface area contributed by atoms with Crippen LogP contribution in [0.15, 0.2) is 48.8 Å². The predicted octanol–water partition coefficient (Wildman–Crippen LogP) is 3.20. The van der Waals surface area contributed by atoms with Crippen molar-refractivity contribution in [1.82, 2.24) is 10.3 Å². The second-order valence-corrected chi connectivity index (χ2v) is 5.00. The molecule has 1 N–H and O–H groups in total. The molecular weight excluding hydrogens is 248 g/mol. The van der Waals surface area contributed by atoms with Crippen LogP contribution in [0.1, 0.15) is 36.1 Å². The van der Waals surface area contributed by atoms with Crippen LogP contribution >= 0.6 is 0 Å². The normalized spacial score (nSPS) is 11.9. The number of hydrogen-bond acceptors (Lipinski definition) is 2. The number of rotatable bonds is 5. The van der Waals surface area contributed by atoms with E-state index in [1.54, 1.807) is 12.4 Å². The van der Waals surface area contributed by atoms with Crippen LogP contribution in [0.4, 0.5) is 0 Å². The lowest BCUT2D eigenvalue weighted by molar-refractivity contribution is -0.121. The number of aryl methyl sites for hydroxylation is 2. The van der Waals surface area contributed by atoms with E-state index in [9.17, 15) is 4.79 Å². The van der Waals surface area contributed by atoms with Gasteiger partial charge in [-0.1, -0.05) is 30.3 Å². The van der Waals surface area contributed by atoms with Gasteiger partial charge in [0.05, 0.1) is 6.04 Å². The molecule has 3 heteroatoms. The average molecular weight is 268 g/mol. The third-order valence-corrected chi connectivity index (χ3v) is 3.44. The van der Waals surface area contributed by atoms with Gasteiger partial charge in [-0.25, -0.2) is 0 Å². The molecular formula is C17H20N2O. The summed E-state index contributed by atoms with van der Waals surface area (Å²) in [6.07, 6.45) is 4.80. The second-order valence-electron chi connectivity index (χ2n) is 5.00. The number of amides is 1. The van der Waals surface area contributed by atoms with Gasteiger partial charge >= 0.3 is 0 Å². The summed E-state index contributed by atoms with van der Waals surface area (Å²) in [4.78, 5) is 16.0. The minimum atomic E-state index is -0.00642. The van der Waals surface area contributed by atoms with Crippen molar-refractivity contribution < 1.29 is 4.79 Å². The van der Waals surface area contributed by atoms with Gasteiger partial charge in [-0.05, 0) is 43.0 Å². The molecule has 1 amide bonds. The highest BCUT2D eigenvalue weighted by Crippen LogP contribution is 2.12. The zero-order valence-electron chi connectivity index (χ0n) is 12.0. The Kier molecular flexibility index (Phi) is 4.88. The van der Waals surface area contributed by atoms with Crippen LogP contribution in [0.25, 0.3) is 0 Å².